The van der Waals surface area contributed by atoms with Crippen LogP contribution in [-0.2, 0) is 19.2 Å². The number of esters is 1. The zero-order valence-corrected chi connectivity index (χ0v) is 21.1. The summed E-state index contributed by atoms with van der Waals surface area (Å²) < 4.78 is 5.54. The summed E-state index contributed by atoms with van der Waals surface area (Å²) in [6.45, 7) is 0.133. The molecule has 0 N–H and O–H groups in total. The standard InChI is InChI=1S/C28H22Cl2N2O5/c29-20-2-1-3-21(25(20)30)31-12-13(10-22(31)33)28(36)37-15-6-4-14(5-7-15)32-26(34)23-16-8-9-17(19-11-18(16)19)24(23)27(32)35/h1-9,13,16-19,23-24H,10-12H2/t13-,16+,17+,18-,19+,23-,24+/m1/s1. The van der Waals surface area contributed by atoms with Crippen molar-refractivity contribution in [2.45, 2.75) is 12.8 Å². The average Bonchev–Trinajstić information content (AvgIpc) is 3.57. The molecule has 2 aromatic rings. The quantitative estimate of drug-likeness (QED) is 0.248. The van der Waals surface area contributed by atoms with Crippen LogP contribution in [0.2, 0.25) is 10.0 Å². The molecular weight excluding hydrogens is 515 g/mol. The molecule has 2 saturated heterocycles. The van der Waals surface area contributed by atoms with Crippen molar-refractivity contribution < 1.29 is 23.9 Å². The number of benzene rings is 2. The van der Waals surface area contributed by atoms with Crippen molar-refractivity contribution >= 4 is 58.3 Å². The monoisotopic (exact) mass is 536 g/mol. The van der Waals surface area contributed by atoms with Gasteiger partial charge in [-0.25, -0.2) is 0 Å². The van der Waals surface area contributed by atoms with Gasteiger partial charge < -0.3 is 9.64 Å². The molecule has 2 saturated carbocycles. The number of ether oxygens (including phenoxy) is 1. The third-order valence-electron chi connectivity index (χ3n) is 8.66. The van der Waals surface area contributed by atoms with Crippen molar-refractivity contribution in [1.82, 2.24) is 0 Å². The highest BCUT2D eigenvalue weighted by Crippen LogP contribution is 2.65. The molecule has 9 heteroatoms. The SMILES string of the molecule is O=C(Oc1ccc(N2C(=O)[C@@H]3[C@H]4C=C[C@@H]([C@@H]5C[C@H]45)[C@@H]3C2=O)cc1)[C@@H]1CC(=O)N(c2cccc(Cl)c2Cl)C1. The Bertz CT molecular complexity index is 1370. The lowest BCUT2D eigenvalue weighted by molar-refractivity contribution is -0.139. The molecule has 37 heavy (non-hydrogen) atoms. The summed E-state index contributed by atoms with van der Waals surface area (Å²) in [5.41, 5.74) is 0.940. The molecule has 4 aliphatic carbocycles. The summed E-state index contributed by atoms with van der Waals surface area (Å²) in [7, 11) is 0. The molecule has 2 aliphatic heterocycles. The Labute approximate surface area is 222 Å². The van der Waals surface area contributed by atoms with Crippen molar-refractivity contribution in [1.29, 1.82) is 0 Å². The normalized spacial score (nSPS) is 33.1. The number of anilines is 2. The lowest BCUT2D eigenvalue weighted by Crippen LogP contribution is -2.40. The topological polar surface area (TPSA) is 84.0 Å². The average molecular weight is 537 g/mol. The second-order valence-electron chi connectivity index (χ2n) is 10.6. The van der Waals surface area contributed by atoms with E-state index in [1.54, 1.807) is 42.5 Å². The molecule has 188 valence electrons. The zero-order valence-electron chi connectivity index (χ0n) is 19.6. The number of hydrogen-bond acceptors (Lipinski definition) is 5. The second kappa shape index (κ2) is 8.17. The molecule has 8 rings (SSSR count). The Morgan fingerprint density at radius 2 is 1.54 bits per heavy atom. The van der Waals surface area contributed by atoms with E-state index in [2.05, 4.69) is 12.2 Å². The number of nitrogens with zero attached hydrogens (tertiary/aromatic N) is 2. The highest BCUT2D eigenvalue weighted by atomic mass is 35.5. The van der Waals surface area contributed by atoms with Crippen LogP contribution in [0.5, 0.6) is 5.75 Å². The Kier molecular flexibility index (Phi) is 5.08. The fourth-order valence-corrected chi connectivity index (χ4v) is 7.27. The van der Waals surface area contributed by atoms with E-state index < -0.39 is 11.9 Å². The van der Waals surface area contributed by atoms with Gasteiger partial charge in [0.25, 0.3) is 0 Å². The molecule has 0 unspecified atom stereocenters. The van der Waals surface area contributed by atoms with Crippen molar-refractivity contribution in [2.75, 3.05) is 16.3 Å². The summed E-state index contributed by atoms with van der Waals surface area (Å²) in [6.07, 6.45) is 5.41. The van der Waals surface area contributed by atoms with Crippen LogP contribution >= 0.6 is 23.2 Å². The summed E-state index contributed by atoms with van der Waals surface area (Å²) in [5, 5.41) is 0.585. The molecule has 0 aromatic heterocycles. The van der Waals surface area contributed by atoms with E-state index >= 15 is 0 Å². The van der Waals surface area contributed by atoms with Crippen LogP contribution in [0.15, 0.2) is 54.6 Å². The van der Waals surface area contributed by atoms with E-state index in [1.165, 1.54) is 9.80 Å². The van der Waals surface area contributed by atoms with E-state index in [0.29, 0.717) is 28.2 Å². The van der Waals surface area contributed by atoms with E-state index in [4.69, 9.17) is 27.9 Å². The van der Waals surface area contributed by atoms with Gasteiger partial charge in [-0.15, -0.1) is 0 Å². The predicted octanol–water partition coefficient (Wildman–Crippen LogP) is 4.51. The predicted molar refractivity (Wildman–Crippen MR) is 136 cm³/mol. The lowest BCUT2D eigenvalue weighted by Gasteiger charge is -2.37. The maximum absolute atomic E-state index is 13.3. The smallest absolute Gasteiger partial charge is 0.316 e. The number of hydrogen-bond donors (Lipinski definition) is 0. The number of rotatable bonds is 4. The summed E-state index contributed by atoms with van der Waals surface area (Å²) in [5.74, 6) is -0.540. The Hall–Kier alpha value is -3.16. The maximum Gasteiger partial charge on any atom is 0.316 e. The molecule has 7 atom stereocenters. The third-order valence-corrected chi connectivity index (χ3v) is 9.47. The third kappa shape index (κ3) is 3.40. The minimum atomic E-state index is -0.665. The summed E-state index contributed by atoms with van der Waals surface area (Å²) in [6, 6.07) is 11.4. The highest BCUT2D eigenvalue weighted by Gasteiger charge is 2.67. The van der Waals surface area contributed by atoms with Crippen LogP contribution in [0.4, 0.5) is 11.4 Å². The largest absolute Gasteiger partial charge is 0.426 e. The fourth-order valence-electron chi connectivity index (χ4n) is 6.87. The van der Waals surface area contributed by atoms with Gasteiger partial charge in [0.2, 0.25) is 17.7 Å². The van der Waals surface area contributed by atoms with Crippen molar-refractivity contribution in [3.63, 3.8) is 0 Å². The van der Waals surface area contributed by atoms with E-state index in [9.17, 15) is 19.2 Å². The van der Waals surface area contributed by atoms with E-state index in [0.717, 1.165) is 6.42 Å². The molecule has 7 nitrogen and oxygen atoms in total. The minimum absolute atomic E-state index is 0.00231. The molecule has 0 radical (unpaired) electrons. The molecular formula is C28H22Cl2N2O5. The number of carbonyl (C=O) groups is 4. The zero-order chi connectivity index (χ0) is 25.6. The summed E-state index contributed by atoms with van der Waals surface area (Å²) >= 11 is 12.3. The first-order valence-corrected chi connectivity index (χ1v) is 13.2. The number of amides is 3. The second-order valence-corrected chi connectivity index (χ2v) is 11.3. The number of allylic oxidation sites excluding steroid dienone is 2. The molecule has 2 heterocycles. The Balaban J connectivity index is 1.04. The van der Waals surface area contributed by atoms with Crippen molar-refractivity contribution in [2.24, 2.45) is 41.4 Å². The van der Waals surface area contributed by atoms with Crippen LogP contribution in [0, 0.1) is 41.4 Å². The van der Waals surface area contributed by atoms with Gasteiger partial charge in [-0.1, -0.05) is 41.4 Å². The van der Waals surface area contributed by atoms with Crippen LogP contribution in [0.3, 0.4) is 0 Å². The fraction of sp³-hybridized carbons (Fsp3) is 0.357. The molecule has 3 amide bonds. The van der Waals surface area contributed by atoms with Gasteiger partial charge in [0, 0.05) is 13.0 Å². The number of carbonyl (C=O) groups excluding carboxylic acids is 4. The van der Waals surface area contributed by atoms with Crippen LogP contribution < -0.4 is 14.5 Å². The minimum Gasteiger partial charge on any atom is -0.426 e. The van der Waals surface area contributed by atoms with Gasteiger partial charge in [0.05, 0.1) is 39.2 Å². The maximum atomic E-state index is 13.3. The Morgan fingerprint density at radius 1 is 0.892 bits per heavy atom. The number of imide groups is 1. The van der Waals surface area contributed by atoms with Crippen LogP contribution in [-0.4, -0.2) is 30.2 Å². The molecule has 0 spiro atoms. The molecule has 2 aromatic carbocycles. The first-order valence-electron chi connectivity index (χ1n) is 12.5. The van der Waals surface area contributed by atoms with Gasteiger partial charge in [-0.3, -0.25) is 24.1 Å². The Morgan fingerprint density at radius 3 is 2.19 bits per heavy atom. The van der Waals surface area contributed by atoms with Gasteiger partial charge in [-0.05, 0) is 66.5 Å². The number of halogens is 2. The highest BCUT2D eigenvalue weighted by molar-refractivity contribution is 6.44. The van der Waals surface area contributed by atoms with Crippen molar-refractivity contribution in [3.8, 4) is 5.75 Å². The van der Waals surface area contributed by atoms with Gasteiger partial charge in [-0.2, -0.15) is 0 Å². The van der Waals surface area contributed by atoms with Gasteiger partial charge in [0.1, 0.15) is 5.75 Å². The molecule has 4 fully saturated rings. The van der Waals surface area contributed by atoms with Crippen LogP contribution in [0.1, 0.15) is 12.8 Å². The van der Waals surface area contributed by atoms with E-state index in [-0.39, 0.29) is 65.1 Å². The summed E-state index contributed by atoms with van der Waals surface area (Å²) in [4.78, 5) is 54.8. The lowest BCUT2D eigenvalue weighted by atomic mass is 9.63. The van der Waals surface area contributed by atoms with Gasteiger partial charge in [0.15, 0.2) is 0 Å². The first kappa shape index (κ1) is 23.0. The van der Waals surface area contributed by atoms with Gasteiger partial charge >= 0.3 is 5.97 Å². The van der Waals surface area contributed by atoms with E-state index in [1.807, 2.05) is 0 Å². The van der Waals surface area contributed by atoms with Crippen molar-refractivity contribution in [3.05, 3.63) is 64.7 Å². The molecule has 6 aliphatic rings. The first-order chi connectivity index (χ1) is 17.8. The van der Waals surface area contributed by atoms with Crippen LogP contribution in [0.25, 0.3) is 0 Å². The molecule has 2 bridgehead atoms.